The van der Waals surface area contributed by atoms with Crippen molar-refractivity contribution in [3.8, 4) is 0 Å². The standard InChI is InChI=1S/C12H20O3/c1-9-2-4-10(5-3-9)12(13)11-8-14-6-7-15-11/h9-11H,2-8H2,1H3. The fourth-order valence-electron chi connectivity index (χ4n) is 2.46. The number of hydrogen-bond donors (Lipinski definition) is 0. The van der Waals surface area contributed by atoms with E-state index in [1.165, 1.54) is 12.8 Å². The van der Waals surface area contributed by atoms with Gasteiger partial charge in [0.1, 0.15) is 6.10 Å². The van der Waals surface area contributed by atoms with Gasteiger partial charge in [0.15, 0.2) is 5.78 Å². The Kier molecular flexibility index (Phi) is 3.76. The van der Waals surface area contributed by atoms with Gasteiger partial charge < -0.3 is 9.47 Å². The number of carbonyl (C=O) groups excluding carboxylic acids is 1. The summed E-state index contributed by atoms with van der Waals surface area (Å²) in [5, 5.41) is 0. The van der Waals surface area contributed by atoms with Crippen molar-refractivity contribution in [2.75, 3.05) is 19.8 Å². The Hall–Kier alpha value is -0.410. The van der Waals surface area contributed by atoms with Crippen LogP contribution in [0.5, 0.6) is 0 Å². The molecule has 0 aromatic rings. The van der Waals surface area contributed by atoms with Crippen LogP contribution in [-0.4, -0.2) is 31.7 Å². The van der Waals surface area contributed by atoms with Crippen LogP contribution < -0.4 is 0 Å². The average Bonchev–Trinajstić information content (AvgIpc) is 2.30. The summed E-state index contributed by atoms with van der Waals surface area (Å²) < 4.78 is 10.7. The van der Waals surface area contributed by atoms with Crippen molar-refractivity contribution in [2.24, 2.45) is 11.8 Å². The molecule has 0 N–H and O–H groups in total. The van der Waals surface area contributed by atoms with Gasteiger partial charge in [0.05, 0.1) is 19.8 Å². The van der Waals surface area contributed by atoms with Crippen LogP contribution in [0.3, 0.4) is 0 Å². The van der Waals surface area contributed by atoms with E-state index >= 15 is 0 Å². The molecule has 0 radical (unpaired) electrons. The fraction of sp³-hybridized carbons (Fsp3) is 0.917. The predicted molar refractivity (Wildman–Crippen MR) is 56.7 cm³/mol. The molecule has 86 valence electrons. The molecule has 1 heterocycles. The lowest BCUT2D eigenvalue weighted by molar-refractivity contribution is -0.150. The van der Waals surface area contributed by atoms with Gasteiger partial charge >= 0.3 is 0 Å². The molecular weight excluding hydrogens is 192 g/mol. The minimum Gasteiger partial charge on any atom is -0.376 e. The molecule has 1 atom stereocenters. The van der Waals surface area contributed by atoms with Gasteiger partial charge in [0.2, 0.25) is 0 Å². The fourth-order valence-corrected chi connectivity index (χ4v) is 2.46. The Morgan fingerprint density at radius 3 is 2.47 bits per heavy atom. The first-order valence-corrected chi connectivity index (χ1v) is 6.00. The molecule has 2 rings (SSSR count). The largest absolute Gasteiger partial charge is 0.376 e. The number of hydrogen-bond acceptors (Lipinski definition) is 3. The number of rotatable bonds is 2. The first kappa shape index (κ1) is 11.1. The lowest BCUT2D eigenvalue weighted by Gasteiger charge is -2.29. The second kappa shape index (κ2) is 5.08. The molecule has 1 aliphatic heterocycles. The Bertz CT molecular complexity index is 213. The summed E-state index contributed by atoms with van der Waals surface area (Å²) in [7, 11) is 0. The smallest absolute Gasteiger partial charge is 0.166 e. The third-order valence-corrected chi connectivity index (χ3v) is 3.55. The summed E-state index contributed by atoms with van der Waals surface area (Å²) in [6.45, 7) is 3.93. The van der Waals surface area contributed by atoms with E-state index in [0.717, 1.165) is 18.8 Å². The normalized spacial score (nSPS) is 37.5. The summed E-state index contributed by atoms with van der Waals surface area (Å²) in [5.74, 6) is 1.30. The molecular formula is C12H20O3. The number of ketones is 1. The van der Waals surface area contributed by atoms with Gasteiger partial charge in [-0.3, -0.25) is 4.79 Å². The molecule has 0 bridgehead atoms. The third kappa shape index (κ3) is 2.79. The third-order valence-electron chi connectivity index (χ3n) is 3.55. The molecule has 0 spiro atoms. The molecule has 0 aromatic heterocycles. The molecule has 2 aliphatic rings. The Morgan fingerprint density at radius 1 is 1.13 bits per heavy atom. The average molecular weight is 212 g/mol. The molecule has 1 saturated heterocycles. The topological polar surface area (TPSA) is 35.5 Å². The van der Waals surface area contributed by atoms with E-state index in [0.29, 0.717) is 19.8 Å². The summed E-state index contributed by atoms with van der Waals surface area (Å²) >= 11 is 0. The molecule has 0 aromatic carbocycles. The highest BCUT2D eigenvalue weighted by molar-refractivity contribution is 5.85. The molecule has 2 fully saturated rings. The first-order chi connectivity index (χ1) is 7.27. The van der Waals surface area contributed by atoms with Crippen LogP contribution in [0.2, 0.25) is 0 Å². The van der Waals surface area contributed by atoms with E-state index in [1.54, 1.807) is 0 Å². The molecule has 3 nitrogen and oxygen atoms in total. The Balaban J connectivity index is 1.84. The molecule has 0 amide bonds. The van der Waals surface area contributed by atoms with Crippen LogP contribution in [0.15, 0.2) is 0 Å². The quantitative estimate of drug-likeness (QED) is 0.700. The number of Topliss-reactive ketones (excluding diaryl/α,β-unsaturated/α-hetero) is 1. The zero-order valence-corrected chi connectivity index (χ0v) is 9.41. The van der Waals surface area contributed by atoms with Crippen molar-refractivity contribution < 1.29 is 14.3 Å². The Morgan fingerprint density at radius 2 is 1.87 bits per heavy atom. The monoisotopic (exact) mass is 212 g/mol. The van der Waals surface area contributed by atoms with Crippen molar-refractivity contribution in [3.05, 3.63) is 0 Å². The van der Waals surface area contributed by atoms with Crippen LogP contribution in [0.25, 0.3) is 0 Å². The highest BCUT2D eigenvalue weighted by Gasteiger charge is 2.31. The maximum atomic E-state index is 12.1. The van der Waals surface area contributed by atoms with E-state index in [9.17, 15) is 4.79 Å². The van der Waals surface area contributed by atoms with Gasteiger partial charge in [-0.05, 0) is 18.8 Å². The van der Waals surface area contributed by atoms with Gasteiger partial charge in [-0.2, -0.15) is 0 Å². The van der Waals surface area contributed by atoms with E-state index in [1.807, 2.05) is 0 Å². The van der Waals surface area contributed by atoms with Crippen LogP contribution in [0.1, 0.15) is 32.6 Å². The Labute approximate surface area is 91.1 Å². The highest BCUT2D eigenvalue weighted by atomic mass is 16.6. The van der Waals surface area contributed by atoms with E-state index in [-0.39, 0.29) is 17.8 Å². The van der Waals surface area contributed by atoms with Gasteiger partial charge in [-0.25, -0.2) is 0 Å². The van der Waals surface area contributed by atoms with E-state index < -0.39 is 0 Å². The summed E-state index contributed by atoms with van der Waals surface area (Å²) in [4.78, 5) is 12.1. The SMILES string of the molecule is CC1CCC(C(=O)C2COCCO2)CC1. The molecule has 1 saturated carbocycles. The zero-order valence-electron chi connectivity index (χ0n) is 9.41. The van der Waals surface area contributed by atoms with E-state index in [4.69, 9.17) is 9.47 Å². The lowest BCUT2D eigenvalue weighted by Crippen LogP contribution is -2.39. The maximum absolute atomic E-state index is 12.1. The second-order valence-corrected chi connectivity index (χ2v) is 4.79. The van der Waals surface area contributed by atoms with Crippen molar-refractivity contribution in [1.29, 1.82) is 0 Å². The molecule has 1 unspecified atom stereocenters. The number of ether oxygens (including phenoxy) is 2. The molecule has 15 heavy (non-hydrogen) atoms. The van der Waals surface area contributed by atoms with Crippen molar-refractivity contribution in [2.45, 2.75) is 38.7 Å². The van der Waals surface area contributed by atoms with Crippen molar-refractivity contribution in [3.63, 3.8) is 0 Å². The van der Waals surface area contributed by atoms with Gasteiger partial charge in [0.25, 0.3) is 0 Å². The van der Waals surface area contributed by atoms with Crippen LogP contribution in [0, 0.1) is 11.8 Å². The van der Waals surface area contributed by atoms with Crippen LogP contribution in [-0.2, 0) is 14.3 Å². The zero-order chi connectivity index (χ0) is 10.7. The summed E-state index contributed by atoms with van der Waals surface area (Å²) in [6.07, 6.45) is 4.17. The molecule has 1 aliphatic carbocycles. The predicted octanol–water partition coefficient (Wildman–Crippen LogP) is 1.80. The van der Waals surface area contributed by atoms with Crippen LogP contribution >= 0.6 is 0 Å². The minimum absolute atomic E-state index is 0.230. The van der Waals surface area contributed by atoms with Gasteiger partial charge in [-0.1, -0.05) is 19.8 Å². The van der Waals surface area contributed by atoms with Crippen molar-refractivity contribution in [1.82, 2.24) is 0 Å². The van der Waals surface area contributed by atoms with Gasteiger partial charge in [0, 0.05) is 5.92 Å². The second-order valence-electron chi connectivity index (χ2n) is 4.79. The maximum Gasteiger partial charge on any atom is 0.166 e. The van der Waals surface area contributed by atoms with Crippen LogP contribution in [0.4, 0.5) is 0 Å². The summed E-state index contributed by atoms with van der Waals surface area (Å²) in [5.41, 5.74) is 0. The van der Waals surface area contributed by atoms with Gasteiger partial charge in [-0.15, -0.1) is 0 Å². The molecule has 3 heteroatoms. The minimum atomic E-state index is -0.280. The van der Waals surface area contributed by atoms with Crippen molar-refractivity contribution >= 4 is 5.78 Å². The summed E-state index contributed by atoms with van der Waals surface area (Å²) in [6, 6.07) is 0. The number of carbonyl (C=O) groups is 1. The van der Waals surface area contributed by atoms with E-state index in [2.05, 4.69) is 6.92 Å². The highest BCUT2D eigenvalue weighted by Crippen LogP contribution is 2.30. The lowest BCUT2D eigenvalue weighted by atomic mass is 9.80. The first-order valence-electron chi connectivity index (χ1n) is 6.00.